The van der Waals surface area contributed by atoms with Gasteiger partial charge in [0.15, 0.2) is 0 Å². The van der Waals surface area contributed by atoms with Crippen LogP contribution in [0.5, 0.6) is 0 Å². The van der Waals surface area contributed by atoms with E-state index < -0.39 is 11.8 Å². The molecule has 2 amide bonds. The van der Waals surface area contributed by atoms with Crippen LogP contribution in [0.2, 0.25) is 0 Å². The van der Waals surface area contributed by atoms with Crippen molar-refractivity contribution >= 4 is 23.2 Å². The zero-order chi connectivity index (χ0) is 14.5. The van der Waals surface area contributed by atoms with Gasteiger partial charge in [0.1, 0.15) is 0 Å². The molecule has 1 aliphatic rings. The first-order valence-corrected chi connectivity index (χ1v) is 6.95. The standard InChI is InChI=1S/C15H21N3O2/c1-18(2)13-9-7-12(8-10-13)17-15(20)14(19)16-11-5-3-4-6-11/h7-11H,3-6H2,1-2H3,(H,16,19)(H,17,20). The Morgan fingerprint density at radius 2 is 1.65 bits per heavy atom. The maximum atomic E-state index is 11.8. The molecule has 0 aromatic heterocycles. The second-order valence-corrected chi connectivity index (χ2v) is 5.35. The van der Waals surface area contributed by atoms with Crippen LogP contribution in [0.15, 0.2) is 24.3 Å². The van der Waals surface area contributed by atoms with Gasteiger partial charge in [-0.2, -0.15) is 0 Å². The Morgan fingerprint density at radius 1 is 1.05 bits per heavy atom. The highest BCUT2D eigenvalue weighted by atomic mass is 16.2. The van der Waals surface area contributed by atoms with Crippen LogP contribution in [0.3, 0.4) is 0 Å². The molecule has 1 fully saturated rings. The highest BCUT2D eigenvalue weighted by Crippen LogP contribution is 2.18. The number of hydrogen-bond donors (Lipinski definition) is 2. The Labute approximate surface area is 119 Å². The monoisotopic (exact) mass is 275 g/mol. The molecule has 2 N–H and O–H groups in total. The Balaban J connectivity index is 1.88. The van der Waals surface area contributed by atoms with Crippen molar-refractivity contribution in [3.63, 3.8) is 0 Å². The van der Waals surface area contributed by atoms with E-state index in [0.29, 0.717) is 5.69 Å². The van der Waals surface area contributed by atoms with Gasteiger partial charge in [-0.05, 0) is 37.1 Å². The van der Waals surface area contributed by atoms with Crippen LogP contribution in [0, 0.1) is 0 Å². The molecule has 20 heavy (non-hydrogen) atoms. The average Bonchev–Trinajstić information content (AvgIpc) is 2.92. The topological polar surface area (TPSA) is 61.4 Å². The molecule has 0 unspecified atom stereocenters. The normalized spacial score (nSPS) is 14.9. The number of carbonyl (C=O) groups excluding carboxylic acids is 2. The van der Waals surface area contributed by atoms with Crippen molar-refractivity contribution in [1.82, 2.24) is 5.32 Å². The number of benzene rings is 1. The van der Waals surface area contributed by atoms with Crippen molar-refractivity contribution in [2.45, 2.75) is 31.7 Å². The van der Waals surface area contributed by atoms with Gasteiger partial charge < -0.3 is 15.5 Å². The van der Waals surface area contributed by atoms with E-state index in [1.807, 2.05) is 31.1 Å². The summed E-state index contributed by atoms with van der Waals surface area (Å²) in [6.07, 6.45) is 4.18. The minimum atomic E-state index is -0.602. The highest BCUT2D eigenvalue weighted by Gasteiger charge is 2.21. The van der Waals surface area contributed by atoms with Gasteiger partial charge >= 0.3 is 11.8 Å². The van der Waals surface area contributed by atoms with Crippen molar-refractivity contribution in [3.8, 4) is 0 Å². The lowest BCUT2D eigenvalue weighted by Gasteiger charge is -2.14. The fourth-order valence-electron chi connectivity index (χ4n) is 2.35. The summed E-state index contributed by atoms with van der Waals surface area (Å²) >= 11 is 0. The Morgan fingerprint density at radius 3 is 2.20 bits per heavy atom. The molecule has 0 radical (unpaired) electrons. The summed E-state index contributed by atoms with van der Waals surface area (Å²) in [6.45, 7) is 0. The molecule has 0 heterocycles. The van der Waals surface area contributed by atoms with Crippen LogP contribution in [0.1, 0.15) is 25.7 Å². The number of anilines is 2. The van der Waals surface area contributed by atoms with E-state index in [-0.39, 0.29) is 6.04 Å². The maximum Gasteiger partial charge on any atom is 0.313 e. The van der Waals surface area contributed by atoms with Crippen molar-refractivity contribution in [2.24, 2.45) is 0 Å². The molecule has 1 aromatic rings. The van der Waals surface area contributed by atoms with Gasteiger partial charge in [0.25, 0.3) is 0 Å². The number of carbonyl (C=O) groups is 2. The molecular weight excluding hydrogens is 254 g/mol. The molecule has 1 saturated carbocycles. The number of hydrogen-bond acceptors (Lipinski definition) is 3. The molecule has 5 nitrogen and oxygen atoms in total. The van der Waals surface area contributed by atoms with Gasteiger partial charge in [-0.25, -0.2) is 0 Å². The summed E-state index contributed by atoms with van der Waals surface area (Å²) in [5, 5.41) is 5.38. The van der Waals surface area contributed by atoms with Crippen LogP contribution in [-0.4, -0.2) is 32.0 Å². The van der Waals surface area contributed by atoms with E-state index in [1.165, 1.54) is 0 Å². The number of rotatable bonds is 3. The van der Waals surface area contributed by atoms with Gasteiger partial charge in [-0.15, -0.1) is 0 Å². The van der Waals surface area contributed by atoms with Crippen LogP contribution in [0.4, 0.5) is 11.4 Å². The van der Waals surface area contributed by atoms with Crippen molar-refractivity contribution in [3.05, 3.63) is 24.3 Å². The fraction of sp³-hybridized carbons (Fsp3) is 0.467. The molecule has 0 atom stereocenters. The predicted molar refractivity (Wildman–Crippen MR) is 79.8 cm³/mol. The average molecular weight is 275 g/mol. The van der Waals surface area contributed by atoms with Gasteiger partial charge in [0.2, 0.25) is 0 Å². The highest BCUT2D eigenvalue weighted by molar-refractivity contribution is 6.39. The first kappa shape index (κ1) is 14.4. The van der Waals surface area contributed by atoms with Gasteiger partial charge in [-0.1, -0.05) is 12.8 Å². The van der Waals surface area contributed by atoms with Crippen LogP contribution >= 0.6 is 0 Å². The molecule has 0 spiro atoms. The quantitative estimate of drug-likeness (QED) is 0.826. The van der Waals surface area contributed by atoms with Crippen molar-refractivity contribution in [2.75, 3.05) is 24.3 Å². The third-order valence-corrected chi connectivity index (χ3v) is 3.54. The molecule has 0 bridgehead atoms. The third-order valence-electron chi connectivity index (χ3n) is 3.54. The van der Waals surface area contributed by atoms with E-state index in [0.717, 1.165) is 31.4 Å². The molecule has 2 rings (SSSR count). The molecule has 108 valence electrons. The Bertz CT molecular complexity index is 476. The fourth-order valence-corrected chi connectivity index (χ4v) is 2.35. The van der Waals surface area contributed by atoms with Gasteiger partial charge in [0.05, 0.1) is 0 Å². The van der Waals surface area contributed by atoms with Crippen LogP contribution in [0.25, 0.3) is 0 Å². The molecule has 1 aliphatic carbocycles. The summed E-state index contributed by atoms with van der Waals surface area (Å²) < 4.78 is 0. The summed E-state index contributed by atoms with van der Waals surface area (Å²) in [7, 11) is 3.89. The van der Waals surface area contributed by atoms with E-state index in [2.05, 4.69) is 10.6 Å². The lowest BCUT2D eigenvalue weighted by molar-refractivity contribution is -0.136. The van der Waals surface area contributed by atoms with E-state index in [9.17, 15) is 9.59 Å². The van der Waals surface area contributed by atoms with E-state index in [1.54, 1.807) is 12.1 Å². The Hall–Kier alpha value is -2.04. The second kappa shape index (κ2) is 6.41. The minimum absolute atomic E-state index is 0.157. The smallest absolute Gasteiger partial charge is 0.313 e. The summed E-state index contributed by atoms with van der Waals surface area (Å²) in [6, 6.07) is 7.52. The second-order valence-electron chi connectivity index (χ2n) is 5.35. The molecule has 0 saturated heterocycles. The number of amides is 2. The molecular formula is C15H21N3O2. The lowest BCUT2D eigenvalue weighted by Crippen LogP contribution is -2.40. The summed E-state index contributed by atoms with van der Waals surface area (Å²) in [5.41, 5.74) is 1.67. The van der Waals surface area contributed by atoms with Crippen molar-refractivity contribution in [1.29, 1.82) is 0 Å². The maximum absolute atomic E-state index is 11.8. The lowest BCUT2D eigenvalue weighted by atomic mass is 10.2. The largest absolute Gasteiger partial charge is 0.378 e. The zero-order valence-corrected chi connectivity index (χ0v) is 12.0. The van der Waals surface area contributed by atoms with Gasteiger partial charge in [-0.3, -0.25) is 9.59 Å². The third kappa shape index (κ3) is 3.73. The molecule has 0 aliphatic heterocycles. The number of nitrogens with zero attached hydrogens (tertiary/aromatic N) is 1. The summed E-state index contributed by atoms with van der Waals surface area (Å²) in [4.78, 5) is 25.5. The zero-order valence-electron chi connectivity index (χ0n) is 12.0. The SMILES string of the molecule is CN(C)c1ccc(NC(=O)C(=O)NC2CCCC2)cc1. The molecule has 5 heteroatoms. The molecule has 1 aromatic carbocycles. The number of nitrogens with one attached hydrogen (secondary N) is 2. The Kier molecular flexibility index (Phi) is 4.61. The van der Waals surface area contributed by atoms with E-state index >= 15 is 0 Å². The first-order chi connectivity index (χ1) is 9.56. The van der Waals surface area contributed by atoms with E-state index in [4.69, 9.17) is 0 Å². The van der Waals surface area contributed by atoms with Crippen molar-refractivity contribution < 1.29 is 9.59 Å². The summed E-state index contributed by atoms with van der Waals surface area (Å²) in [5.74, 6) is -1.15. The predicted octanol–water partition coefficient (Wildman–Crippen LogP) is 1.75. The first-order valence-electron chi connectivity index (χ1n) is 6.95. The van der Waals surface area contributed by atoms with Crippen LogP contribution < -0.4 is 15.5 Å². The minimum Gasteiger partial charge on any atom is -0.378 e. The van der Waals surface area contributed by atoms with Gasteiger partial charge in [0, 0.05) is 31.5 Å². The van der Waals surface area contributed by atoms with Crippen LogP contribution in [-0.2, 0) is 9.59 Å².